The summed E-state index contributed by atoms with van der Waals surface area (Å²) in [5.74, 6) is -0.437. The van der Waals surface area contributed by atoms with E-state index in [9.17, 15) is 14.7 Å². The van der Waals surface area contributed by atoms with Crippen molar-refractivity contribution in [2.75, 3.05) is 19.6 Å². The average molecular weight is 404 g/mol. The van der Waals surface area contributed by atoms with Gasteiger partial charge in [-0.15, -0.1) is 0 Å². The number of fused-ring (bicyclic) bond motifs is 1. The summed E-state index contributed by atoms with van der Waals surface area (Å²) in [6, 6.07) is 6.10. The molecule has 9 heteroatoms. The number of aliphatic hydroxyl groups excluding tert-OH is 1. The van der Waals surface area contributed by atoms with E-state index in [4.69, 9.17) is 11.6 Å². The van der Waals surface area contributed by atoms with Gasteiger partial charge in [-0.1, -0.05) is 23.7 Å². The first kappa shape index (κ1) is 18.9. The van der Waals surface area contributed by atoms with Crippen LogP contribution < -0.4 is 5.32 Å². The standard InChI is InChI=1S/C19H22ClN5O3/c1-12(26)17-19(28)24-7-6-23(11-16(24)18(27)22-17)9-13-8-21-25(10-13)15-5-3-2-4-14(15)20/h2-5,8,10,12,16-17,26H,6-7,9,11H2,1H3,(H,22,27)/t12-,16+,17+/m0/s1. The Balaban J connectivity index is 1.44. The van der Waals surface area contributed by atoms with Crippen molar-refractivity contribution in [3.8, 4) is 5.69 Å². The third-order valence-electron chi connectivity index (χ3n) is 5.24. The maximum absolute atomic E-state index is 12.5. The van der Waals surface area contributed by atoms with Gasteiger partial charge in [-0.3, -0.25) is 14.5 Å². The Morgan fingerprint density at radius 1 is 1.32 bits per heavy atom. The number of hydrogen-bond acceptors (Lipinski definition) is 5. The third-order valence-corrected chi connectivity index (χ3v) is 5.56. The first-order chi connectivity index (χ1) is 13.4. The molecule has 0 spiro atoms. The van der Waals surface area contributed by atoms with E-state index in [0.717, 1.165) is 11.3 Å². The number of aliphatic hydroxyl groups is 1. The largest absolute Gasteiger partial charge is 0.391 e. The number of aromatic nitrogens is 2. The van der Waals surface area contributed by atoms with E-state index >= 15 is 0 Å². The molecule has 2 saturated heterocycles. The van der Waals surface area contributed by atoms with E-state index in [2.05, 4.69) is 15.3 Å². The number of rotatable bonds is 4. The second kappa shape index (κ2) is 7.54. The highest BCUT2D eigenvalue weighted by atomic mass is 35.5. The van der Waals surface area contributed by atoms with Crippen LogP contribution in [0.1, 0.15) is 12.5 Å². The quantitative estimate of drug-likeness (QED) is 0.772. The molecule has 8 nitrogen and oxygen atoms in total. The normalized spacial score (nSPS) is 24.0. The van der Waals surface area contributed by atoms with Gasteiger partial charge in [0.1, 0.15) is 12.1 Å². The lowest BCUT2D eigenvalue weighted by atomic mass is 10.0. The van der Waals surface area contributed by atoms with Gasteiger partial charge in [0.2, 0.25) is 11.8 Å². The molecule has 2 aromatic rings. The molecule has 2 fully saturated rings. The summed E-state index contributed by atoms with van der Waals surface area (Å²) >= 11 is 6.23. The first-order valence-electron chi connectivity index (χ1n) is 9.24. The third kappa shape index (κ3) is 3.50. The number of benzene rings is 1. The Labute approximate surface area is 167 Å². The van der Waals surface area contributed by atoms with Crippen LogP contribution in [0.4, 0.5) is 0 Å². The molecule has 1 aromatic carbocycles. The lowest BCUT2D eigenvalue weighted by Crippen LogP contribution is -2.70. The van der Waals surface area contributed by atoms with Crippen molar-refractivity contribution in [3.63, 3.8) is 0 Å². The SMILES string of the molecule is C[C@H](O)[C@H]1NC(=O)[C@H]2CN(Cc3cnn(-c4ccccc4Cl)c3)CCN2C1=O. The van der Waals surface area contributed by atoms with Gasteiger partial charge in [0, 0.05) is 37.9 Å². The zero-order chi connectivity index (χ0) is 19.8. The molecule has 4 rings (SSSR count). The van der Waals surface area contributed by atoms with Crippen molar-refractivity contribution in [1.82, 2.24) is 24.9 Å². The molecule has 2 aliphatic heterocycles. The van der Waals surface area contributed by atoms with E-state index in [1.165, 1.54) is 6.92 Å². The van der Waals surface area contributed by atoms with Crippen LogP contribution in [0.3, 0.4) is 0 Å². The monoisotopic (exact) mass is 403 g/mol. The van der Waals surface area contributed by atoms with Crippen LogP contribution in [0.15, 0.2) is 36.7 Å². The number of nitrogens with one attached hydrogen (secondary N) is 1. The zero-order valence-electron chi connectivity index (χ0n) is 15.5. The molecule has 3 atom stereocenters. The number of piperazine rings is 2. The predicted octanol–water partition coefficient (Wildman–Crippen LogP) is 0.418. The number of halogens is 1. The van der Waals surface area contributed by atoms with Gasteiger partial charge in [0.15, 0.2) is 0 Å². The van der Waals surface area contributed by atoms with Crippen molar-refractivity contribution in [1.29, 1.82) is 0 Å². The smallest absolute Gasteiger partial charge is 0.248 e. The molecule has 148 valence electrons. The van der Waals surface area contributed by atoms with E-state index in [-0.39, 0.29) is 11.8 Å². The minimum atomic E-state index is -0.911. The number of nitrogens with zero attached hydrogens (tertiary/aromatic N) is 4. The Morgan fingerprint density at radius 2 is 2.11 bits per heavy atom. The fraction of sp³-hybridized carbons (Fsp3) is 0.421. The fourth-order valence-corrected chi connectivity index (χ4v) is 3.98. The molecule has 28 heavy (non-hydrogen) atoms. The second-order valence-corrected chi connectivity index (χ2v) is 7.66. The van der Waals surface area contributed by atoms with Crippen LogP contribution in [0.2, 0.25) is 5.02 Å². The Hall–Kier alpha value is -2.42. The van der Waals surface area contributed by atoms with E-state index < -0.39 is 18.2 Å². The minimum absolute atomic E-state index is 0.217. The highest BCUT2D eigenvalue weighted by Crippen LogP contribution is 2.21. The van der Waals surface area contributed by atoms with Gasteiger partial charge in [-0.2, -0.15) is 5.10 Å². The summed E-state index contributed by atoms with van der Waals surface area (Å²) in [7, 11) is 0. The maximum atomic E-state index is 12.5. The Bertz CT molecular complexity index is 899. The molecule has 2 amide bonds. The van der Waals surface area contributed by atoms with Gasteiger partial charge in [-0.25, -0.2) is 4.68 Å². The van der Waals surface area contributed by atoms with Gasteiger partial charge >= 0.3 is 0 Å². The van der Waals surface area contributed by atoms with Gasteiger partial charge in [0.05, 0.1) is 23.0 Å². The highest BCUT2D eigenvalue weighted by molar-refractivity contribution is 6.32. The summed E-state index contributed by atoms with van der Waals surface area (Å²) in [6.45, 7) is 3.69. The number of para-hydroxylation sites is 1. The minimum Gasteiger partial charge on any atom is -0.391 e. The van der Waals surface area contributed by atoms with E-state index in [0.29, 0.717) is 31.2 Å². The number of carbonyl (C=O) groups is 2. The molecule has 0 radical (unpaired) electrons. The van der Waals surface area contributed by atoms with Crippen LogP contribution in [0.5, 0.6) is 0 Å². The molecule has 0 bridgehead atoms. The van der Waals surface area contributed by atoms with Crippen molar-refractivity contribution < 1.29 is 14.7 Å². The van der Waals surface area contributed by atoms with E-state index in [1.807, 2.05) is 30.5 Å². The Morgan fingerprint density at radius 3 is 2.86 bits per heavy atom. The summed E-state index contributed by atoms with van der Waals surface area (Å²) in [4.78, 5) is 28.7. The fourth-order valence-electron chi connectivity index (χ4n) is 3.76. The average Bonchev–Trinajstić information content (AvgIpc) is 3.13. The molecule has 0 unspecified atom stereocenters. The van der Waals surface area contributed by atoms with Crippen molar-refractivity contribution in [2.24, 2.45) is 0 Å². The van der Waals surface area contributed by atoms with Crippen LogP contribution in [0.25, 0.3) is 5.69 Å². The molecule has 1 aromatic heterocycles. The topological polar surface area (TPSA) is 90.7 Å². The molecule has 2 N–H and O–H groups in total. The van der Waals surface area contributed by atoms with Crippen LogP contribution >= 0.6 is 11.6 Å². The lowest BCUT2D eigenvalue weighted by molar-refractivity contribution is -0.156. The highest BCUT2D eigenvalue weighted by Gasteiger charge is 2.44. The number of amides is 2. The van der Waals surface area contributed by atoms with Gasteiger partial charge in [-0.05, 0) is 19.1 Å². The zero-order valence-corrected chi connectivity index (χ0v) is 16.2. The molecular formula is C19H22ClN5O3. The maximum Gasteiger partial charge on any atom is 0.248 e. The summed E-state index contributed by atoms with van der Waals surface area (Å²) in [5, 5.41) is 17.4. The van der Waals surface area contributed by atoms with Crippen LogP contribution in [0, 0.1) is 0 Å². The van der Waals surface area contributed by atoms with Crippen molar-refractivity contribution in [2.45, 2.75) is 31.7 Å². The number of carbonyl (C=O) groups excluding carboxylic acids is 2. The van der Waals surface area contributed by atoms with E-state index in [1.54, 1.807) is 15.8 Å². The summed E-state index contributed by atoms with van der Waals surface area (Å²) < 4.78 is 1.73. The molecule has 3 heterocycles. The predicted molar refractivity (Wildman–Crippen MR) is 103 cm³/mol. The molecule has 0 saturated carbocycles. The van der Waals surface area contributed by atoms with Crippen LogP contribution in [-0.4, -0.2) is 74.3 Å². The van der Waals surface area contributed by atoms with Crippen molar-refractivity contribution >= 4 is 23.4 Å². The molecule has 2 aliphatic rings. The van der Waals surface area contributed by atoms with Gasteiger partial charge < -0.3 is 15.3 Å². The summed E-state index contributed by atoms with van der Waals surface area (Å²) in [5.41, 5.74) is 1.81. The summed E-state index contributed by atoms with van der Waals surface area (Å²) in [6.07, 6.45) is 2.79. The Kier molecular flexibility index (Phi) is 5.09. The first-order valence-corrected chi connectivity index (χ1v) is 9.61. The molecular weight excluding hydrogens is 382 g/mol. The number of hydrogen-bond donors (Lipinski definition) is 2. The molecule has 0 aliphatic carbocycles. The van der Waals surface area contributed by atoms with Crippen molar-refractivity contribution in [3.05, 3.63) is 47.2 Å². The van der Waals surface area contributed by atoms with Crippen LogP contribution in [-0.2, 0) is 16.1 Å². The second-order valence-electron chi connectivity index (χ2n) is 7.25. The lowest BCUT2D eigenvalue weighted by Gasteiger charge is -2.45. The van der Waals surface area contributed by atoms with Gasteiger partial charge in [0.25, 0.3) is 0 Å².